The molecule has 0 aliphatic rings. The second-order valence-electron chi connectivity index (χ2n) is 6.25. The number of halogens is 2. The highest BCUT2D eigenvalue weighted by atomic mass is 35.5. The molecule has 0 bridgehead atoms. The monoisotopic (exact) mass is 464 g/mol. The third-order valence-electron chi connectivity index (χ3n) is 4.25. The minimum absolute atomic E-state index is 0.0606. The summed E-state index contributed by atoms with van der Waals surface area (Å²) in [5.41, 5.74) is 0.136. The standard InChI is InChI=1S/C21H18ClFN2O5S/c1-29-19-12-20(30-2)18(11-15(19)22)24-21(26)13-6-5-7-14(10-13)31(27,28)25-17-9-4-3-8-16(17)23/h3-12,25H,1-2H3,(H,24,26). The molecule has 2 N–H and O–H groups in total. The Morgan fingerprint density at radius 1 is 0.935 bits per heavy atom. The number of rotatable bonds is 7. The number of ether oxygens (including phenoxy) is 2. The molecule has 0 aliphatic carbocycles. The lowest BCUT2D eigenvalue weighted by Crippen LogP contribution is -2.16. The fraction of sp³-hybridized carbons (Fsp3) is 0.0952. The number of amides is 1. The number of hydrogen-bond donors (Lipinski definition) is 2. The van der Waals surface area contributed by atoms with Gasteiger partial charge in [-0.2, -0.15) is 0 Å². The van der Waals surface area contributed by atoms with Crippen LogP contribution >= 0.6 is 11.6 Å². The maximum atomic E-state index is 13.8. The number of methoxy groups -OCH3 is 2. The Kier molecular flexibility index (Phi) is 6.67. The van der Waals surface area contributed by atoms with Gasteiger partial charge in [0.15, 0.2) is 0 Å². The van der Waals surface area contributed by atoms with Crippen molar-refractivity contribution in [2.45, 2.75) is 4.90 Å². The highest BCUT2D eigenvalue weighted by Crippen LogP contribution is 2.36. The van der Waals surface area contributed by atoms with Crippen LogP contribution in [-0.2, 0) is 10.0 Å². The van der Waals surface area contributed by atoms with E-state index >= 15 is 0 Å². The summed E-state index contributed by atoms with van der Waals surface area (Å²) in [6.07, 6.45) is 0. The Balaban J connectivity index is 1.87. The smallest absolute Gasteiger partial charge is 0.262 e. The van der Waals surface area contributed by atoms with Crippen molar-refractivity contribution in [1.29, 1.82) is 0 Å². The van der Waals surface area contributed by atoms with E-state index in [9.17, 15) is 17.6 Å². The number of sulfonamides is 1. The Morgan fingerprint density at radius 3 is 2.32 bits per heavy atom. The summed E-state index contributed by atoms with van der Waals surface area (Å²) >= 11 is 6.11. The van der Waals surface area contributed by atoms with Crippen LogP contribution in [0.5, 0.6) is 11.5 Å². The van der Waals surface area contributed by atoms with Gasteiger partial charge in [0, 0.05) is 11.6 Å². The Morgan fingerprint density at radius 2 is 1.65 bits per heavy atom. The van der Waals surface area contributed by atoms with Crippen molar-refractivity contribution in [2.75, 3.05) is 24.3 Å². The molecule has 0 heterocycles. The van der Waals surface area contributed by atoms with E-state index in [-0.39, 0.29) is 26.9 Å². The molecular formula is C21H18ClFN2O5S. The van der Waals surface area contributed by atoms with Crippen molar-refractivity contribution in [3.8, 4) is 11.5 Å². The molecule has 162 valence electrons. The summed E-state index contributed by atoms with van der Waals surface area (Å²) in [5.74, 6) is -0.644. The van der Waals surface area contributed by atoms with Crippen LogP contribution in [0.2, 0.25) is 5.02 Å². The van der Waals surface area contributed by atoms with Gasteiger partial charge in [-0.15, -0.1) is 0 Å². The molecule has 0 saturated heterocycles. The normalized spacial score (nSPS) is 11.0. The van der Waals surface area contributed by atoms with Crippen LogP contribution in [0.15, 0.2) is 65.6 Å². The first-order valence-corrected chi connectivity index (χ1v) is 10.7. The van der Waals surface area contributed by atoms with E-state index in [4.69, 9.17) is 21.1 Å². The summed E-state index contributed by atoms with van der Waals surface area (Å²) in [6.45, 7) is 0. The Bertz CT molecular complexity index is 1230. The van der Waals surface area contributed by atoms with Crippen molar-refractivity contribution < 1.29 is 27.1 Å². The lowest BCUT2D eigenvalue weighted by molar-refractivity contribution is 0.102. The van der Waals surface area contributed by atoms with Crippen LogP contribution in [0.4, 0.5) is 15.8 Å². The predicted octanol–water partition coefficient (Wildman–Crippen LogP) is 4.55. The van der Waals surface area contributed by atoms with Crippen LogP contribution in [0.3, 0.4) is 0 Å². The first-order chi connectivity index (χ1) is 14.7. The Hall–Kier alpha value is -3.30. The molecule has 3 rings (SSSR count). The van der Waals surface area contributed by atoms with E-state index in [1.54, 1.807) is 0 Å². The number of nitrogens with one attached hydrogen (secondary N) is 2. The van der Waals surface area contributed by atoms with Crippen molar-refractivity contribution in [3.63, 3.8) is 0 Å². The molecule has 0 aromatic heterocycles. The molecule has 0 saturated carbocycles. The number of hydrogen-bond acceptors (Lipinski definition) is 5. The van der Waals surface area contributed by atoms with Crippen molar-refractivity contribution in [3.05, 3.63) is 77.1 Å². The third kappa shape index (κ3) is 5.07. The zero-order chi connectivity index (χ0) is 22.6. The van der Waals surface area contributed by atoms with Gasteiger partial charge in [0.2, 0.25) is 0 Å². The van der Waals surface area contributed by atoms with Crippen molar-refractivity contribution in [2.24, 2.45) is 0 Å². The molecular weight excluding hydrogens is 447 g/mol. The lowest BCUT2D eigenvalue weighted by Gasteiger charge is -2.14. The quantitative estimate of drug-likeness (QED) is 0.535. The Labute approximate surface area is 183 Å². The van der Waals surface area contributed by atoms with Crippen molar-refractivity contribution in [1.82, 2.24) is 0 Å². The van der Waals surface area contributed by atoms with Crippen molar-refractivity contribution >= 4 is 38.9 Å². The zero-order valence-corrected chi connectivity index (χ0v) is 18.1. The summed E-state index contributed by atoms with van der Waals surface area (Å²) < 4.78 is 51.6. The summed E-state index contributed by atoms with van der Waals surface area (Å²) in [7, 11) is -1.26. The third-order valence-corrected chi connectivity index (χ3v) is 5.91. The average molecular weight is 465 g/mol. The second kappa shape index (κ2) is 9.23. The van der Waals surface area contributed by atoms with Gasteiger partial charge in [-0.05, 0) is 36.4 Å². The molecule has 3 aromatic carbocycles. The summed E-state index contributed by atoms with van der Waals surface area (Å²) in [4.78, 5) is 12.5. The van der Waals surface area contributed by atoms with E-state index in [0.29, 0.717) is 11.5 Å². The molecule has 10 heteroatoms. The van der Waals surface area contributed by atoms with Crippen LogP contribution in [0.25, 0.3) is 0 Å². The van der Waals surface area contributed by atoms with Crippen LogP contribution in [-0.4, -0.2) is 28.5 Å². The minimum Gasteiger partial charge on any atom is -0.495 e. The first-order valence-electron chi connectivity index (χ1n) is 8.85. The topological polar surface area (TPSA) is 93.7 Å². The van der Waals surface area contributed by atoms with Crippen LogP contribution in [0.1, 0.15) is 10.4 Å². The molecule has 31 heavy (non-hydrogen) atoms. The number of para-hydroxylation sites is 1. The fourth-order valence-corrected chi connectivity index (χ4v) is 4.06. The van der Waals surface area contributed by atoms with Gasteiger partial charge in [-0.3, -0.25) is 9.52 Å². The number of anilines is 2. The maximum Gasteiger partial charge on any atom is 0.262 e. The molecule has 3 aromatic rings. The number of carbonyl (C=O) groups is 1. The van der Waals surface area contributed by atoms with Gasteiger partial charge in [-0.1, -0.05) is 29.8 Å². The molecule has 0 unspecified atom stereocenters. The van der Waals surface area contributed by atoms with Gasteiger partial charge in [0.25, 0.3) is 15.9 Å². The molecule has 0 aliphatic heterocycles. The van der Waals surface area contributed by atoms with Crippen LogP contribution in [0, 0.1) is 5.82 Å². The van der Waals surface area contributed by atoms with Gasteiger partial charge >= 0.3 is 0 Å². The SMILES string of the molecule is COc1cc(OC)c(NC(=O)c2cccc(S(=O)(=O)Nc3ccccc3F)c2)cc1Cl. The summed E-state index contributed by atoms with van der Waals surface area (Å²) in [6, 6.07) is 13.7. The van der Waals surface area contributed by atoms with E-state index in [1.807, 2.05) is 0 Å². The summed E-state index contributed by atoms with van der Waals surface area (Å²) in [5, 5.41) is 2.88. The van der Waals surface area contributed by atoms with E-state index in [1.165, 1.54) is 68.8 Å². The molecule has 0 fully saturated rings. The predicted molar refractivity (Wildman–Crippen MR) is 116 cm³/mol. The highest BCUT2D eigenvalue weighted by molar-refractivity contribution is 7.92. The second-order valence-corrected chi connectivity index (χ2v) is 8.34. The molecule has 7 nitrogen and oxygen atoms in total. The first kappa shape index (κ1) is 22.4. The number of benzene rings is 3. The van der Waals surface area contributed by atoms with Gasteiger partial charge in [0.1, 0.15) is 17.3 Å². The van der Waals surface area contributed by atoms with E-state index in [2.05, 4.69) is 10.0 Å². The molecule has 1 amide bonds. The van der Waals surface area contributed by atoms with E-state index in [0.717, 1.165) is 6.07 Å². The fourth-order valence-electron chi connectivity index (χ4n) is 2.70. The molecule has 0 spiro atoms. The average Bonchev–Trinajstić information content (AvgIpc) is 2.75. The largest absolute Gasteiger partial charge is 0.495 e. The molecule has 0 radical (unpaired) electrons. The van der Waals surface area contributed by atoms with E-state index < -0.39 is 21.7 Å². The highest BCUT2D eigenvalue weighted by Gasteiger charge is 2.19. The zero-order valence-electron chi connectivity index (χ0n) is 16.5. The number of carbonyl (C=O) groups excluding carboxylic acids is 1. The van der Waals surface area contributed by atoms with Gasteiger partial charge in [-0.25, -0.2) is 12.8 Å². The lowest BCUT2D eigenvalue weighted by atomic mass is 10.2. The maximum absolute atomic E-state index is 13.8. The van der Waals surface area contributed by atoms with Gasteiger partial charge in [0.05, 0.1) is 35.5 Å². The van der Waals surface area contributed by atoms with Gasteiger partial charge < -0.3 is 14.8 Å². The van der Waals surface area contributed by atoms with Crippen LogP contribution < -0.4 is 19.5 Å². The molecule has 0 atom stereocenters. The minimum atomic E-state index is -4.13.